The minimum Gasteiger partial charge on any atom is -0.322 e. The van der Waals surface area contributed by atoms with Crippen LogP contribution < -0.4 is 5.32 Å². The Kier molecular flexibility index (Phi) is 4.12. The Hall–Kier alpha value is -3.61. The van der Waals surface area contributed by atoms with E-state index in [2.05, 4.69) is 10.3 Å². The lowest BCUT2D eigenvalue weighted by Crippen LogP contribution is -2.15. The van der Waals surface area contributed by atoms with E-state index in [4.69, 9.17) is 0 Å². The van der Waals surface area contributed by atoms with Gasteiger partial charge in [-0.2, -0.15) is 0 Å². The summed E-state index contributed by atoms with van der Waals surface area (Å²) in [6, 6.07) is 14.0. The van der Waals surface area contributed by atoms with Gasteiger partial charge in [-0.25, -0.2) is 18.2 Å². The smallest absolute Gasteiger partial charge is 0.258 e. The second-order valence-electron chi connectivity index (χ2n) is 5.85. The van der Waals surface area contributed by atoms with Gasteiger partial charge in [-0.1, -0.05) is 18.2 Å². The molecule has 0 atom stereocenters. The quantitative estimate of drug-likeness (QED) is 0.535. The van der Waals surface area contributed by atoms with E-state index in [0.29, 0.717) is 11.8 Å². The van der Waals surface area contributed by atoms with Crippen molar-refractivity contribution in [1.82, 2.24) is 9.38 Å². The molecule has 2 aromatic carbocycles. The summed E-state index contributed by atoms with van der Waals surface area (Å²) in [5.41, 5.74) is 2.20. The van der Waals surface area contributed by atoms with Crippen LogP contribution in [0.25, 0.3) is 16.9 Å². The third-order valence-corrected chi connectivity index (χ3v) is 4.08. The van der Waals surface area contributed by atoms with Gasteiger partial charge in [0.15, 0.2) is 17.5 Å². The molecule has 1 N–H and O–H groups in total. The zero-order chi connectivity index (χ0) is 19.0. The summed E-state index contributed by atoms with van der Waals surface area (Å²) in [5, 5.41) is 2.46. The first kappa shape index (κ1) is 16.8. The molecule has 0 saturated carbocycles. The number of carbonyl (C=O) groups excluding carboxylic acids is 1. The predicted molar refractivity (Wildman–Crippen MR) is 94.9 cm³/mol. The summed E-state index contributed by atoms with van der Waals surface area (Å²) in [6.45, 7) is 0. The second-order valence-corrected chi connectivity index (χ2v) is 5.85. The van der Waals surface area contributed by atoms with Crippen LogP contribution in [0, 0.1) is 17.5 Å². The lowest BCUT2D eigenvalue weighted by Gasteiger charge is -2.07. The number of nitrogens with one attached hydrogen (secondary N) is 1. The number of amides is 1. The maximum Gasteiger partial charge on any atom is 0.258 e. The molecule has 0 fully saturated rings. The van der Waals surface area contributed by atoms with E-state index in [9.17, 15) is 18.0 Å². The Labute approximate surface area is 151 Å². The summed E-state index contributed by atoms with van der Waals surface area (Å²) < 4.78 is 41.9. The van der Waals surface area contributed by atoms with E-state index in [1.54, 1.807) is 24.3 Å². The van der Waals surface area contributed by atoms with Crippen molar-refractivity contribution in [3.63, 3.8) is 0 Å². The molecule has 0 saturated heterocycles. The average molecular weight is 367 g/mol. The molecule has 27 heavy (non-hydrogen) atoms. The molecule has 134 valence electrons. The summed E-state index contributed by atoms with van der Waals surface area (Å²) in [5.74, 6) is -5.41. The Balaban J connectivity index is 1.56. The molecule has 0 radical (unpaired) electrons. The molecule has 0 aliphatic rings. The van der Waals surface area contributed by atoms with Gasteiger partial charge >= 0.3 is 0 Å². The van der Waals surface area contributed by atoms with Crippen LogP contribution in [-0.2, 0) is 0 Å². The van der Waals surface area contributed by atoms with Gasteiger partial charge in [-0.05, 0) is 36.4 Å². The lowest BCUT2D eigenvalue weighted by atomic mass is 10.1. The van der Waals surface area contributed by atoms with Crippen LogP contribution in [-0.4, -0.2) is 15.3 Å². The molecule has 1 amide bonds. The summed E-state index contributed by atoms with van der Waals surface area (Å²) in [6.07, 6.45) is 3.76. The first-order valence-electron chi connectivity index (χ1n) is 8.02. The van der Waals surface area contributed by atoms with Crippen LogP contribution in [0.15, 0.2) is 67.0 Å². The van der Waals surface area contributed by atoms with Crippen LogP contribution in [0.1, 0.15) is 10.4 Å². The third kappa shape index (κ3) is 3.15. The summed E-state index contributed by atoms with van der Waals surface area (Å²) in [4.78, 5) is 16.6. The number of nitrogens with zero attached hydrogens (tertiary/aromatic N) is 2. The number of hydrogen-bond acceptors (Lipinski definition) is 2. The lowest BCUT2D eigenvalue weighted by molar-refractivity contribution is 0.102. The normalized spacial score (nSPS) is 10.9. The highest BCUT2D eigenvalue weighted by molar-refractivity contribution is 6.04. The fourth-order valence-electron chi connectivity index (χ4n) is 2.70. The Bertz CT molecular complexity index is 1120. The highest BCUT2D eigenvalue weighted by Crippen LogP contribution is 2.22. The number of rotatable bonds is 3. The third-order valence-electron chi connectivity index (χ3n) is 4.08. The van der Waals surface area contributed by atoms with Crippen molar-refractivity contribution in [3.8, 4) is 11.3 Å². The van der Waals surface area contributed by atoms with Crippen LogP contribution in [0.4, 0.5) is 18.9 Å². The number of imidazole rings is 1. The zero-order valence-corrected chi connectivity index (χ0v) is 13.8. The van der Waals surface area contributed by atoms with Crippen molar-refractivity contribution in [3.05, 3.63) is 90.0 Å². The topological polar surface area (TPSA) is 46.4 Å². The van der Waals surface area contributed by atoms with Gasteiger partial charge in [0.1, 0.15) is 5.65 Å². The van der Waals surface area contributed by atoms with Crippen LogP contribution >= 0.6 is 0 Å². The van der Waals surface area contributed by atoms with Crippen LogP contribution in [0.2, 0.25) is 0 Å². The van der Waals surface area contributed by atoms with Crippen molar-refractivity contribution in [2.45, 2.75) is 0 Å². The van der Waals surface area contributed by atoms with Crippen molar-refractivity contribution in [1.29, 1.82) is 0 Å². The van der Waals surface area contributed by atoms with Gasteiger partial charge in [0.2, 0.25) is 0 Å². The maximum atomic E-state index is 13.7. The second kappa shape index (κ2) is 6.60. The van der Waals surface area contributed by atoms with Crippen LogP contribution in [0.5, 0.6) is 0 Å². The molecule has 7 heteroatoms. The molecular weight excluding hydrogens is 355 g/mol. The Morgan fingerprint density at radius 2 is 1.70 bits per heavy atom. The molecule has 4 nitrogen and oxygen atoms in total. The van der Waals surface area contributed by atoms with Crippen molar-refractivity contribution < 1.29 is 18.0 Å². The molecule has 2 heterocycles. The monoisotopic (exact) mass is 367 g/mol. The Morgan fingerprint density at radius 1 is 0.926 bits per heavy atom. The number of fused-ring (bicyclic) bond motifs is 1. The van der Waals surface area contributed by atoms with E-state index >= 15 is 0 Å². The number of anilines is 1. The molecule has 0 aliphatic carbocycles. The largest absolute Gasteiger partial charge is 0.322 e. The molecule has 0 bridgehead atoms. The molecule has 0 aliphatic heterocycles. The number of benzene rings is 2. The maximum absolute atomic E-state index is 13.7. The molecule has 0 unspecified atom stereocenters. The SMILES string of the molecule is O=C(Nc1ccc(-c2cn3ccccc3n2)cc1)c1ccc(F)c(F)c1F. The van der Waals surface area contributed by atoms with Crippen molar-refractivity contribution in [2.75, 3.05) is 5.32 Å². The van der Waals surface area contributed by atoms with E-state index in [1.165, 1.54) is 0 Å². The average Bonchev–Trinajstić information content (AvgIpc) is 3.11. The molecule has 0 spiro atoms. The van der Waals surface area contributed by atoms with E-state index in [1.807, 2.05) is 35.0 Å². The molecule has 4 aromatic rings. The first-order chi connectivity index (χ1) is 13.0. The standard InChI is InChI=1S/C20H12F3N3O/c21-15-9-8-14(18(22)19(15)23)20(27)24-13-6-4-12(5-7-13)16-11-26-10-2-1-3-17(26)25-16/h1-11H,(H,24,27). The number of aromatic nitrogens is 2. The number of carbonyl (C=O) groups is 1. The summed E-state index contributed by atoms with van der Waals surface area (Å²) in [7, 11) is 0. The first-order valence-corrected chi connectivity index (χ1v) is 8.02. The molecular formula is C20H12F3N3O. The predicted octanol–water partition coefficient (Wildman–Crippen LogP) is 4.67. The molecule has 2 aromatic heterocycles. The fourth-order valence-corrected chi connectivity index (χ4v) is 2.70. The number of hydrogen-bond donors (Lipinski definition) is 1. The van der Waals surface area contributed by atoms with E-state index in [0.717, 1.165) is 23.0 Å². The minimum atomic E-state index is -1.68. The van der Waals surface area contributed by atoms with Gasteiger partial charge in [0.25, 0.3) is 5.91 Å². The molecule has 4 rings (SSSR count). The van der Waals surface area contributed by atoms with Crippen molar-refractivity contribution >= 4 is 17.2 Å². The number of halogens is 3. The van der Waals surface area contributed by atoms with Gasteiger partial charge in [-0.15, -0.1) is 0 Å². The Morgan fingerprint density at radius 3 is 2.44 bits per heavy atom. The van der Waals surface area contributed by atoms with E-state index in [-0.39, 0.29) is 0 Å². The van der Waals surface area contributed by atoms with Gasteiger partial charge in [0, 0.05) is 23.6 Å². The fraction of sp³-hybridized carbons (Fsp3) is 0. The van der Waals surface area contributed by atoms with Crippen molar-refractivity contribution in [2.24, 2.45) is 0 Å². The van der Waals surface area contributed by atoms with Crippen LogP contribution in [0.3, 0.4) is 0 Å². The summed E-state index contributed by atoms with van der Waals surface area (Å²) >= 11 is 0. The number of pyridine rings is 1. The van der Waals surface area contributed by atoms with Gasteiger partial charge < -0.3 is 9.72 Å². The van der Waals surface area contributed by atoms with Gasteiger partial charge in [-0.3, -0.25) is 4.79 Å². The minimum absolute atomic E-state index is 0.386. The van der Waals surface area contributed by atoms with Gasteiger partial charge in [0.05, 0.1) is 11.3 Å². The highest BCUT2D eigenvalue weighted by Gasteiger charge is 2.18. The van der Waals surface area contributed by atoms with E-state index < -0.39 is 28.9 Å². The highest BCUT2D eigenvalue weighted by atomic mass is 19.2. The zero-order valence-electron chi connectivity index (χ0n) is 13.8.